The summed E-state index contributed by atoms with van der Waals surface area (Å²) in [5.41, 5.74) is 0.572. The van der Waals surface area contributed by atoms with Crippen LogP contribution >= 0.6 is 0 Å². The highest BCUT2D eigenvalue weighted by Gasteiger charge is 2.28. The highest BCUT2D eigenvalue weighted by Crippen LogP contribution is 2.16. The Labute approximate surface area is 144 Å². The van der Waals surface area contributed by atoms with Gasteiger partial charge in [0.1, 0.15) is 17.9 Å². The van der Waals surface area contributed by atoms with Crippen molar-refractivity contribution in [2.24, 2.45) is 0 Å². The van der Waals surface area contributed by atoms with Crippen LogP contribution in [0, 0.1) is 0 Å². The van der Waals surface area contributed by atoms with Crippen molar-refractivity contribution >= 4 is 11.8 Å². The van der Waals surface area contributed by atoms with Gasteiger partial charge in [-0.2, -0.15) is 0 Å². The van der Waals surface area contributed by atoms with Crippen molar-refractivity contribution in [3.05, 3.63) is 64.1 Å². The van der Waals surface area contributed by atoms with E-state index in [4.69, 9.17) is 4.74 Å². The number of carbonyl (C=O) groups excluding carboxylic acids is 2. The molecule has 3 rings (SSSR count). The van der Waals surface area contributed by atoms with Crippen LogP contribution in [-0.2, 0) is 11.3 Å². The Morgan fingerprint density at radius 2 is 2.04 bits per heavy atom. The standard InChI is InChI=1S/C18H19N3O4/c1-25-14-5-2-4-13(10-14)11-20-8-9-21(12-16(20)22)18(24)15-6-3-7-19-17(15)23/h2-7,10H,8-9,11-12H2,1H3,(H,19,23). The number of amides is 2. The molecule has 130 valence electrons. The molecule has 2 heterocycles. The minimum absolute atomic E-state index is 0.0306. The SMILES string of the molecule is COc1cccc(CN2CCN(C(=O)c3ccc[nH]c3=O)CC2=O)c1. The fourth-order valence-electron chi connectivity index (χ4n) is 2.80. The topological polar surface area (TPSA) is 82.7 Å². The zero-order valence-electron chi connectivity index (χ0n) is 13.9. The third-order valence-corrected chi connectivity index (χ3v) is 4.16. The second kappa shape index (κ2) is 7.21. The van der Waals surface area contributed by atoms with Gasteiger partial charge in [-0.05, 0) is 29.8 Å². The summed E-state index contributed by atoms with van der Waals surface area (Å²) in [5, 5.41) is 0. The first-order valence-electron chi connectivity index (χ1n) is 7.96. The molecule has 0 spiro atoms. The van der Waals surface area contributed by atoms with Gasteiger partial charge in [-0.15, -0.1) is 0 Å². The smallest absolute Gasteiger partial charge is 0.260 e. The van der Waals surface area contributed by atoms with Crippen molar-refractivity contribution in [1.29, 1.82) is 0 Å². The number of hydrogen-bond donors (Lipinski definition) is 1. The zero-order valence-corrected chi connectivity index (χ0v) is 13.9. The van der Waals surface area contributed by atoms with E-state index in [-0.39, 0.29) is 18.0 Å². The van der Waals surface area contributed by atoms with Crippen LogP contribution in [0.15, 0.2) is 47.4 Å². The van der Waals surface area contributed by atoms with Crippen molar-refractivity contribution in [1.82, 2.24) is 14.8 Å². The third kappa shape index (κ3) is 3.71. The van der Waals surface area contributed by atoms with Gasteiger partial charge in [-0.1, -0.05) is 12.1 Å². The maximum atomic E-state index is 12.4. The molecule has 0 radical (unpaired) electrons. The Bertz CT molecular complexity index is 846. The molecule has 1 aliphatic rings. The summed E-state index contributed by atoms with van der Waals surface area (Å²) >= 11 is 0. The van der Waals surface area contributed by atoms with E-state index in [1.54, 1.807) is 18.1 Å². The number of benzene rings is 1. The molecular formula is C18H19N3O4. The molecule has 1 fully saturated rings. The minimum atomic E-state index is -0.446. The van der Waals surface area contributed by atoms with E-state index in [0.717, 1.165) is 11.3 Å². The van der Waals surface area contributed by atoms with E-state index in [1.807, 2.05) is 24.3 Å². The van der Waals surface area contributed by atoms with Gasteiger partial charge in [0.05, 0.1) is 7.11 Å². The Hall–Kier alpha value is -3.09. The van der Waals surface area contributed by atoms with Gasteiger partial charge < -0.3 is 19.5 Å². The molecule has 2 aromatic rings. The number of carbonyl (C=O) groups is 2. The molecule has 1 aromatic heterocycles. The molecule has 1 aromatic carbocycles. The molecule has 0 unspecified atom stereocenters. The summed E-state index contributed by atoms with van der Waals surface area (Å²) in [6.07, 6.45) is 1.47. The first kappa shape index (κ1) is 16.8. The van der Waals surface area contributed by atoms with Crippen molar-refractivity contribution in [2.75, 3.05) is 26.7 Å². The van der Waals surface area contributed by atoms with Gasteiger partial charge >= 0.3 is 0 Å². The van der Waals surface area contributed by atoms with E-state index in [0.29, 0.717) is 19.6 Å². The number of rotatable bonds is 4. The van der Waals surface area contributed by atoms with Crippen molar-refractivity contribution in [2.45, 2.75) is 6.54 Å². The number of aromatic nitrogens is 1. The van der Waals surface area contributed by atoms with Gasteiger partial charge in [-0.3, -0.25) is 14.4 Å². The van der Waals surface area contributed by atoms with Gasteiger partial charge in [-0.25, -0.2) is 0 Å². The lowest BCUT2D eigenvalue weighted by Gasteiger charge is -2.34. The molecule has 0 atom stereocenters. The number of aromatic amines is 1. The van der Waals surface area contributed by atoms with E-state index < -0.39 is 11.5 Å². The summed E-state index contributed by atoms with van der Waals surface area (Å²) < 4.78 is 5.19. The largest absolute Gasteiger partial charge is 0.497 e. The molecule has 0 bridgehead atoms. The van der Waals surface area contributed by atoms with E-state index >= 15 is 0 Å². The van der Waals surface area contributed by atoms with Crippen molar-refractivity contribution in [3.8, 4) is 5.75 Å². The van der Waals surface area contributed by atoms with Crippen LogP contribution < -0.4 is 10.3 Å². The number of pyridine rings is 1. The molecule has 7 heteroatoms. The molecule has 7 nitrogen and oxygen atoms in total. The van der Waals surface area contributed by atoms with Crippen LogP contribution in [0.2, 0.25) is 0 Å². The molecule has 0 saturated carbocycles. The highest BCUT2D eigenvalue weighted by atomic mass is 16.5. The summed E-state index contributed by atoms with van der Waals surface area (Å²) in [5.74, 6) is 0.174. The summed E-state index contributed by atoms with van der Waals surface area (Å²) in [7, 11) is 1.60. The van der Waals surface area contributed by atoms with Crippen LogP contribution in [0.1, 0.15) is 15.9 Å². The Balaban J connectivity index is 1.66. The average molecular weight is 341 g/mol. The van der Waals surface area contributed by atoms with Gasteiger partial charge in [0.25, 0.3) is 11.5 Å². The average Bonchev–Trinajstić information content (AvgIpc) is 2.63. The predicted octanol–water partition coefficient (Wildman–Crippen LogP) is 0.868. The first-order valence-corrected chi connectivity index (χ1v) is 7.96. The number of nitrogens with one attached hydrogen (secondary N) is 1. The predicted molar refractivity (Wildman–Crippen MR) is 91.4 cm³/mol. The van der Waals surface area contributed by atoms with Gasteiger partial charge in [0, 0.05) is 25.8 Å². The van der Waals surface area contributed by atoms with Crippen LogP contribution in [0.5, 0.6) is 5.75 Å². The Morgan fingerprint density at radius 3 is 2.76 bits per heavy atom. The molecule has 25 heavy (non-hydrogen) atoms. The molecule has 0 aliphatic carbocycles. The Morgan fingerprint density at radius 1 is 1.20 bits per heavy atom. The van der Waals surface area contributed by atoms with E-state index in [1.165, 1.54) is 17.2 Å². The maximum Gasteiger partial charge on any atom is 0.260 e. The second-order valence-electron chi connectivity index (χ2n) is 5.81. The van der Waals surface area contributed by atoms with Crippen LogP contribution in [0.25, 0.3) is 0 Å². The number of nitrogens with zero attached hydrogens (tertiary/aromatic N) is 2. The maximum absolute atomic E-state index is 12.4. The molecule has 1 aliphatic heterocycles. The first-order chi connectivity index (χ1) is 12.1. The van der Waals surface area contributed by atoms with E-state index in [9.17, 15) is 14.4 Å². The number of hydrogen-bond acceptors (Lipinski definition) is 4. The van der Waals surface area contributed by atoms with Crippen LogP contribution in [-0.4, -0.2) is 53.3 Å². The van der Waals surface area contributed by atoms with Crippen molar-refractivity contribution in [3.63, 3.8) is 0 Å². The fourth-order valence-corrected chi connectivity index (χ4v) is 2.80. The number of methoxy groups -OCH3 is 1. The Kier molecular flexibility index (Phi) is 4.83. The summed E-state index contributed by atoms with van der Waals surface area (Å²) in [4.78, 5) is 42.2. The van der Waals surface area contributed by atoms with E-state index in [2.05, 4.69) is 4.98 Å². The van der Waals surface area contributed by atoms with Gasteiger partial charge in [0.15, 0.2) is 0 Å². The monoisotopic (exact) mass is 341 g/mol. The summed E-state index contributed by atoms with van der Waals surface area (Å²) in [6, 6.07) is 10.6. The fraction of sp³-hybridized carbons (Fsp3) is 0.278. The number of ether oxygens (including phenoxy) is 1. The lowest BCUT2D eigenvalue weighted by atomic mass is 10.1. The van der Waals surface area contributed by atoms with Crippen molar-refractivity contribution < 1.29 is 14.3 Å². The number of piperazine rings is 1. The normalized spacial score (nSPS) is 14.5. The highest BCUT2D eigenvalue weighted by molar-refractivity contribution is 5.96. The van der Waals surface area contributed by atoms with Crippen LogP contribution in [0.3, 0.4) is 0 Å². The zero-order chi connectivity index (χ0) is 17.8. The lowest BCUT2D eigenvalue weighted by Crippen LogP contribution is -2.52. The van der Waals surface area contributed by atoms with Gasteiger partial charge in [0.2, 0.25) is 5.91 Å². The quantitative estimate of drug-likeness (QED) is 0.894. The number of H-pyrrole nitrogens is 1. The molecule has 2 amide bonds. The summed E-state index contributed by atoms with van der Waals surface area (Å²) in [6.45, 7) is 1.25. The molecular weight excluding hydrogens is 322 g/mol. The third-order valence-electron chi connectivity index (χ3n) is 4.16. The minimum Gasteiger partial charge on any atom is -0.497 e. The second-order valence-corrected chi connectivity index (χ2v) is 5.81. The van der Waals surface area contributed by atoms with Crippen LogP contribution in [0.4, 0.5) is 0 Å². The molecule has 1 saturated heterocycles. The molecule has 1 N–H and O–H groups in total. The lowest BCUT2D eigenvalue weighted by molar-refractivity contribution is -0.135.